The van der Waals surface area contributed by atoms with Gasteiger partial charge in [-0.25, -0.2) is 0 Å². The fourth-order valence-electron chi connectivity index (χ4n) is 5.04. The Bertz CT molecular complexity index is 1040. The topological polar surface area (TPSA) is 37.7 Å². The Labute approximate surface area is 183 Å². The Kier molecular flexibility index (Phi) is 5.62. The molecule has 3 aromatic rings. The maximum Gasteiger partial charge on any atom is 0.255 e. The van der Waals surface area contributed by atoms with Gasteiger partial charge in [0.25, 0.3) is 5.91 Å². The van der Waals surface area contributed by atoms with Gasteiger partial charge in [-0.1, -0.05) is 48.5 Å². The van der Waals surface area contributed by atoms with Crippen LogP contribution in [0.25, 0.3) is 0 Å². The maximum atomic E-state index is 13.8. The third kappa shape index (κ3) is 3.91. The van der Waals surface area contributed by atoms with E-state index < -0.39 is 0 Å². The SMILES string of the molecule is Cn1cccc1C1C(CN2CCOCC2)c2ccccc2C(=O)N1Cc1ccccc1. The lowest BCUT2D eigenvalue weighted by Crippen LogP contribution is -2.47. The Hall–Kier alpha value is -2.89. The lowest BCUT2D eigenvalue weighted by molar-refractivity contribution is 0.0239. The van der Waals surface area contributed by atoms with E-state index in [0.717, 1.165) is 49.5 Å². The molecule has 0 aliphatic carbocycles. The van der Waals surface area contributed by atoms with E-state index >= 15 is 0 Å². The summed E-state index contributed by atoms with van der Waals surface area (Å²) in [4.78, 5) is 18.3. The monoisotopic (exact) mass is 415 g/mol. The van der Waals surface area contributed by atoms with Gasteiger partial charge in [0.15, 0.2) is 0 Å². The van der Waals surface area contributed by atoms with Crippen LogP contribution in [-0.2, 0) is 18.3 Å². The molecule has 0 N–H and O–H groups in total. The molecule has 2 aliphatic heterocycles. The van der Waals surface area contributed by atoms with Crippen LogP contribution in [0, 0.1) is 0 Å². The van der Waals surface area contributed by atoms with E-state index in [1.165, 1.54) is 5.69 Å². The van der Waals surface area contributed by atoms with Gasteiger partial charge in [-0.05, 0) is 29.3 Å². The molecule has 1 aromatic heterocycles. The minimum Gasteiger partial charge on any atom is -0.379 e. The smallest absolute Gasteiger partial charge is 0.255 e. The second-order valence-electron chi connectivity index (χ2n) is 8.51. The number of nitrogens with zero attached hydrogens (tertiary/aromatic N) is 3. The molecule has 1 fully saturated rings. The van der Waals surface area contributed by atoms with Crippen LogP contribution in [0.15, 0.2) is 72.9 Å². The standard InChI is InChI=1S/C26H29N3O2/c1-27-13-7-12-24(27)25-23(19-28-14-16-31-17-15-28)21-10-5-6-11-22(21)26(30)29(25)18-20-8-3-2-4-9-20/h2-13,23,25H,14-19H2,1H3. The average Bonchev–Trinajstić information content (AvgIpc) is 3.24. The van der Waals surface area contributed by atoms with Crippen molar-refractivity contribution in [3.63, 3.8) is 0 Å². The van der Waals surface area contributed by atoms with Crippen molar-refractivity contribution in [3.8, 4) is 0 Å². The van der Waals surface area contributed by atoms with Crippen LogP contribution < -0.4 is 0 Å². The van der Waals surface area contributed by atoms with Crippen LogP contribution in [-0.4, -0.2) is 53.1 Å². The van der Waals surface area contributed by atoms with Crippen LogP contribution in [0.3, 0.4) is 0 Å². The van der Waals surface area contributed by atoms with Gasteiger partial charge in [0.1, 0.15) is 0 Å². The number of benzene rings is 2. The molecule has 2 aliphatic rings. The minimum absolute atomic E-state index is 0.0227. The van der Waals surface area contributed by atoms with Gasteiger partial charge >= 0.3 is 0 Å². The number of ether oxygens (including phenoxy) is 1. The number of hydrogen-bond donors (Lipinski definition) is 0. The lowest BCUT2D eigenvalue weighted by Gasteiger charge is -2.44. The second-order valence-corrected chi connectivity index (χ2v) is 8.51. The molecule has 1 amide bonds. The largest absolute Gasteiger partial charge is 0.379 e. The maximum absolute atomic E-state index is 13.8. The lowest BCUT2D eigenvalue weighted by atomic mass is 9.80. The summed E-state index contributed by atoms with van der Waals surface area (Å²) in [6.45, 7) is 4.93. The van der Waals surface area contributed by atoms with Crippen molar-refractivity contribution in [2.24, 2.45) is 7.05 Å². The van der Waals surface area contributed by atoms with E-state index in [9.17, 15) is 4.79 Å². The van der Waals surface area contributed by atoms with Gasteiger partial charge in [0.05, 0.1) is 19.3 Å². The van der Waals surface area contributed by atoms with Crippen LogP contribution >= 0.6 is 0 Å². The number of rotatable bonds is 5. The molecule has 1 saturated heterocycles. The molecule has 0 spiro atoms. The zero-order valence-electron chi connectivity index (χ0n) is 18.0. The van der Waals surface area contributed by atoms with Gasteiger partial charge in [0, 0.05) is 56.6 Å². The molecule has 5 heteroatoms. The number of carbonyl (C=O) groups excluding carboxylic acids is 1. The van der Waals surface area contributed by atoms with Crippen molar-refractivity contribution < 1.29 is 9.53 Å². The van der Waals surface area contributed by atoms with E-state index in [2.05, 4.69) is 64.0 Å². The van der Waals surface area contributed by atoms with E-state index in [1.54, 1.807) is 0 Å². The van der Waals surface area contributed by atoms with Crippen LogP contribution in [0.5, 0.6) is 0 Å². The van der Waals surface area contributed by atoms with Crippen LogP contribution in [0.2, 0.25) is 0 Å². The first-order valence-electron chi connectivity index (χ1n) is 11.1. The van der Waals surface area contributed by atoms with Gasteiger partial charge < -0.3 is 14.2 Å². The molecule has 5 nitrogen and oxygen atoms in total. The average molecular weight is 416 g/mol. The molecular weight excluding hydrogens is 386 g/mol. The first-order valence-corrected chi connectivity index (χ1v) is 11.1. The summed E-state index contributed by atoms with van der Waals surface area (Å²) in [7, 11) is 2.08. The number of aromatic nitrogens is 1. The highest BCUT2D eigenvalue weighted by Crippen LogP contribution is 2.43. The first-order chi connectivity index (χ1) is 15.2. The Morgan fingerprint density at radius 2 is 1.68 bits per heavy atom. The highest BCUT2D eigenvalue weighted by atomic mass is 16.5. The Balaban J connectivity index is 1.60. The minimum atomic E-state index is -0.0227. The second kappa shape index (κ2) is 8.69. The van der Waals surface area contributed by atoms with Gasteiger partial charge in [0.2, 0.25) is 0 Å². The fourth-order valence-corrected chi connectivity index (χ4v) is 5.04. The zero-order valence-corrected chi connectivity index (χ0v) is 18.0. The predicted octanol–water partition coefficient (Wildman–Crippen LogP) is 3.84. The molecule has 0 bridgehead atoms. The number of carbonyl (C=O) groups is 1. The fraction of sp³-hybridized carbons (Fsp3) is 0.346. The van der Waals surface area contributed by atoms with Crippen LogP contribution in [0.1, 0.15) is 39.1 Å². The number of aryl methyl sites for hydroxylation is 1. The molecule has 2 unspecified atom stereocenters. The normalized spacial score (nSPS) is 21.8. The number of morpholine rings is 1. The summed E-state index contributed by atoms with van der Waals surface area (Å²) in [6, 6.07) is 22.7. The molecule has 0 radical (unpaired) electrons. The summed E-state index contributed by atoms with van der Waals surface area (Å²) < 4.78 is 7.75. The van der Waals surface area contributed by atoms with Gasteiger partial charge in [-0.3, -0.25) is 9.69 Å². The predicted molar refractivity (Wildman–Crippen MR) is 121 cm³/mol. The van der Waals surface area contributed by atoms with Gasteiger partial charge in [-0.2, -0.15) is 0 Å². The summed E-state index contributed by atoms with van der Waals surface area (Å²) in [5.41, 5.74) is 4.33. The molecule has 0 saturated carbocycles. The quantitative estimate of drug-likeness (QED) is 0.636. The van der Waals surface area contributed by atoms with Crippen molar-refractivity contribution in [3.05, 3.63) is 95.3 Å². The molecule has 31 heavy (non-hydrogen) atoms. The van der Waals surface area contributed by atoms with Crippen molar-refractivity contribution >= 4 is 5.91 Å². The highest BCUT2D eigenvalue weighted by Gasteiger charge is 2.42. The van der Waals surface area contributed by atoms with Gasteiger partial charge in [-0.15, -0.1) is 0 Å². The third-order valence-electron chi connectivity index (χ3n) is 6.61. The first kappa shape index (κ1) is 20.0. The molecule has 2 aromatic carbocycles. The van der Waals surface area contributed by atoms with Crippen molar-refractivity contribution in [2.45, 2.75) is 18.5 Å². The molecule has 3 heterocycles. The van der Waals surface area contributed by atoms with Crippen molar-refractivity contribution in [2.75, 3.05) is 32.8 Å². The molecule has 2 atom stereocenters. The van der Waals surface area contributed by atoms with E-state index in [-0.39, 0.29) is 17.9 Å². The Morgan fingerprint density at radius 3 is 2.42 bits per heavy atom. The Morgan fingerprint density at radius 1 is 0.935 bits per heavy atom. The summed E-state index contributed by atoms with van der Waals surface area (Å²) in [5.74, 6) is 0.313. The number of fused-ring (bicyclic) bond motifs is 1. The third-order valence-corrected chi connectivity index (χ3v) is 6.61. The van der Waals surface area contributed by atoms with E-state index in [4.69, 9.17) is 4.74 Å². The molecule has 160 valence electrons. The highest BCUT2D eigenvalue weighted by molar-refractivity contribution is 5.97. The van der Waals surface area contributed by atoms with E-state index in [0.29, 0.717) is 6.54 Å². The summed E-state index contributed by atoms with van der Waals surface area (Å²) >= 11 is 0. The zero-order chi connectivity index (χ0) is 21.2. The van der Waals surface area contributed by atoms with Crippen molar-refractivity contribution in [1.82, 2.24) is 14.4 Å². The van der Waals surface area contributed by atoms with E-state index in [1.807, 2.05) is 30.3 Å². The number of hydrogen-bond acceptors (Lipinski definition) is 3. The van der Waals surface area contributed by atoms with Crippen LogP contribution in [0.4, 0.5) is 0 Å². The van der Waals surface area contributed by atoms with Crippen molar-refractivity contribution in [1.29, 1.82) is 0 Å². The summed E-state index contributed by atoms with van der Waals surface area (Å²) in [5, 5.41) is 0. The number of amides is 1. The summed E-state index contributed by atoms with van der Waals surface area (Å²) in [6.07, 6.45) is 2.08. The molecular formula is C26H29N3O2. The molecule has 5 rings (SSSR count).